The first-order valence-electron chi connectivity index (χ1n) is 8.49. The van der Waals surface area contributed by atoms with Crippen molar-refractivity contribution in [3.05, 3.63) is 31.7 Å². The highest BCUT2D eigenvalue weighted by Gasteiger charge is 2.34. The Morgan fingerprint density at radius 1 is 1.33 bits per heavy atom. The normalized spacial score (nSPS) is 14.2. The second-order valence-electron chi connectivity index (χ2n) is 6.43. The summed E-state index contributed by atoms with van der Waals surface area (Å²) >= 11 is 15.3. The van der Waals surface area contributed by atoms with Crippen molar-refractivity contribution in [3.8, 4) is 0 Å². The molecular weight excluding hydrogens is 467 g/mol. The number of carbonyl (C=O) groups excluding carboxylic acids is 1. The summed E-state index contributed by atoms with van der Waals surface area (Å²) in [6.07, 6.45) is -0.249. The van der Waals surface area contributed by atoms with Gasteiger partial charge in [0.05, 0.1) is 15.9 Å². The predicted octanol–water partition coefficient (Wildman–Crippen LogP) is 4.48. The second-order valence-corrected chi connectivity index (χ2v) is 7.96. The van der Waals surface area contributed by atoms with E-state index in [4.69, 9.17) is 23.2 Å². The Hall–Kier alpha value is -1.19. The number of nitrogens with zero attached hydrogens (tertiary/aromatic N) is 4. The van der Waals surface area contributed by atoms with Gasteiger partial charge in [0, 0.05) is 19.0 Å². The first-order chi connectivity index (χ1) is 12.8. The summed E-state index contributed by atoms with van der Waals surface area (Å²) in [5.74, 6) is -0.101. The van der Waals surface area contributed by atoms with Gasteiger partial charge in [-0.25, -0.2) is 8.78 Å². The number of rotatable bonds is 8. The minimum absolute atomic E-state index is 0.0926. The molecule has 1 saturated carbocycles. The highest BCUT2D eigenvalue weighted by atomic mass is 79.9. The lowest BCUT2D eigenvalue weighted by Gasteiger charge is -2.09. The highest BCUT2D eigenvalue weighted by Crippen LogP contribution is 2.45. The van der Waals surface area contributed by atoms with E-state index in [0.29, 0.717) is 45.5 Å². The zero-order valence-corrected chi connectivity index (χ0v) is 17.6. The summed E-state index contributed by atoms with van der Waals surface area (Å²) < 4.78 is 29.4. The first kappa shape index (κ1) is 20.5. The van der Waals surface area contributed by atoms with Crippen molar-refractivity contribution in [2.45, 2.75) is 51.6 Å². The van der Waals surface area contributed by atoms with E-state index in [1.165, 1.54) is 4.68 Å². The molecule has 0 atom stereocenters. The molecular formula is C16H18BrCl2F2N5O. The van der Waals surface area contributed by atoms with Gasteiger partial charge in [-0.1, -0.05) is 23.2 Å². The van der Waals surface area contributed by atoms with Crippen molar-refractivity contribution in [2.75, 3.05) is 6.54 Å². The minimum atomic E-state index is -2.68. The average molecular weight is 485 g/mol. The number of hydrogen-bond donors (Lipinski definition) is 1. The SMILES string of the molecule is Cc1nn(CCCNC(=O)Cn2nc(C(F)F)c(Br)c2C2CC2)c(Cl)c1Cl. The number of hydrogen-bond acceptors (Lipinski definition) is 3. The molecule has 2 aromatic heterocycles. The van der Waals surface area contributed by atoms with Gasteiger partial charge in [0.15, 0.2) is 0 Å². The molecule has 2 aromatic rings. The van der Waals surface area contributed by atoms with Gasteiger partial charge in [-0.05, 0) is 42.1 Å². The summed E-state index contributed by atoms with van der Waals surface area (Å²) in [5.41, 5.74) is 1.01. The molecule has 0 aromatic carbocycles. The molecule has 0 radical (unpaired) electrons. The van der Waals surface area contributed by atoms with Crippen LogP contribution < -0.4 is 5.32 Å². The molecule has 11 heteroatoms. The van der Waals surface area contributed by atoms with Gasteiger partial charge >= 0.3 is 0 Å². The molecule has 0 spiro atoms. The van der Waals surface area contributed by atoms with Crippen molar-refractivity contribution in [3.63, 3.8) is 0 Å². The monoisotopic (exact) mass is 483 g/mol. The molecule has 27 heavy (non-hydrogen) atoms. The Morgan fingerprint density at radius 2 is 2.04 bits per heavy atom. The quantitative estimate of drug-likeness (QED) is 0.562. The molecule has 1 fully saturated rings. The lowest BCUT2D eigenvalue weighted by molar-refractivity contribution is -0.121. The van der Waals surface area contributed by atoms with Crippen LogP contribution in [0.25, 0.3) is 0 Å². The van der Waals surface area contributed by atoms with E-state index >= 15 is 0 Å². The van der Waals surface area contributed by atoms with Crippen LogP contribution in [0.1, 0.15) is 48.7 Å². The van der Waals surface area contributed by atoms with E-state index in [1.54, 1.807) is 11.6 Å². The maximum absolute atomic E-state index is 13.1. The fraction of sp³-hybridized carbons (Fsp3) is 0.562. The van der Waals surface area contributed by atoms with Crippen LogP contribution in [0.15, 0.2) is 4.47 Å². The summed E-state index contributed by atoms with van der Waals surface area (Å²) in [7, 11) is 0. The average Bonchev–Trinajstić information content (AvgIpc) is 3.35. The molecule has 0 aliphatic heterocycles. The van der Waals surface area contributed by atoms with Crippen LogP contribution in [-0.2, 0) is 17.9 Å². The number of amides is 1. The number of halogens is 5. The van der Waals surface area contributed by atoms with Crippen molar-refractivity contribution in [1.29, 1.82) is 0 Å². The van der Waals surface area contributed by atoms with Crippen LogP contribution in [0.5, 0.6) is 0 Å². The number of alkyl halides is 2. The van der Waals surface area contributed by atoms with Gasteiger partial charge in [0.25, 0.3) is 6.43 Å². The third-order valence-corrected chi connectivity index (χ3v) is 6.03. The molecule has 2 heterocycles. The molecule has 148 valence electrons. The number of aryl methyl sites for hydroxylation is 2. The Bertz CT molecular complexity index is 850. The Kier molecular flexibility index (Phi) is 6.43. The predicted molar refractivity (Wildman–Crippen MR) is 101 cm³/mol. The summed E-state index contributed by atoms with van der Waals surface area (Å²) in [6.45, 7) is 2.57. The number of aromatic nitrogens is 4. The van der Waals surface area contributed by atoms with Crippen molar-refractivity contribution in [2.24, 2.45) is 0 Å². The Balaban J connectivity index is 1.54. The van der Waals surface area contributed by atoms with E-state index in [2.05, 4.69) is 31.4 Å². The third-order valence-electron chi connectivity index (χ3n) is 4.29. The molecule has 1 amide bonds. The van der Waals surface area contributed by atoms with Crippen LogP contribution in [-0.4, -0.2) is 32.0 Å². The molecule has 3 rings (SSSR count). The summed E-state index contributed by atoms with van der Waals surface area (Å²) in [5, 5.41) is 11.7. The van der Waals surface area contributed by atoms with Gasteiger partial charge in [-0.15, -0.1) is 0 Å². The van der Waals surface area contributed by atoms with Gasteiger partial charge in [-0.2, -0.15) is 10.2 Å². The summed E-state index contributed by atoms with van der Waals surface area (Å²) in [4.78, 5) is 12.2. The topological polar surface area (TPSA) is 64.7 Å². The van der Waals surface area contributed by atoms with Crippen LogP contribution >= 0.6 is 39.1 Å². The smallest absolute Gasteiger partial charge is 0.283 e. The number of nitrogens with one attached hydrogen (secondary N) is 1. The molecule has 0 unspecified atom stereocenters. The zero-order chi connectivity index (χ0) is 19.7. The lowest BCUT2D eigenvalue weighted by atomic mass is 10.2. The van der Waals surface area contributed by atoms with E-state index in [1.807, 2.05) is 0 Å². The van der Waals surface area contributed by atoms with Crippen molar-refractivity contribution in [1.82, 2.24) is 24.9 Å². The Morgan fingerprint density at radius 3 is 2.59 bits per heavy atom. The van der Waals surface area contributed by atoms with Gasteiger partial charge in [0.1, 0.15) is 22.4 Å². The van der Waals surface area contributed by atoms with E-state index in [0.717, 1.165) is 12.8 Å². The standard InChI is InChI=1S/C16H18BrCl2F2N5O/c1-8-12(18)15(19)25(23-8)6-2-5-22-10(27)7-26-14(9-3-4-9)11(17)13(24-26)16(20)21/h9,16H,2-7H2,1H3,(H,22,27). The first-order valence-corrected chi connectivity index (χ1v) is 10.0. The molecule has 1 aliphatic carbocycles. The van der Waals surface area contributed by atoms with E-state index in [9.17, 15) is 13.6 Å². The van der Waals surface area contributed by atoms with Gasteiger partial charge in [-0.3, -0.25) is 14.2 Å². The fourth-order valence-corrected chi connectivity index (χ4v) is 3.98. The number of carbonyl (C=O) groups is 1. The van der Waals surface area contributed by atoms with Gasteiger partial charge in [0.2, 0.25) is 5.91 Å². The fourth-order valence-electron chi connectivity index (χ4n) is 2.81. The van der Waals surface area contributed by atoms with Crippen LogP contribution in [0, 0.1) is 6.92 Å². The maximum Gasteiger partial charge on any atom is 0.283 e. The zero-order valence-electron chi connectivity index (χ0n) is 14.5. The van der Waals surface area contributed by atoms with Crippen molar-refractivity contribution < 1.29 is 13.6 Å². The van der Waals surface area contributed by atoms with E-state index < -0.39 is 6.43 Å². The molecule has 0 bridgehead atoms. The van der Waals surface area contributed by atoms with Crippen LogP contribution in [0.3, 0.4) is 0 Å². The highest BCUT2D eigenvalue weighted by molar-refractivity contribution is 9.10. The van der Waals surface area contributed by atoms with E-state index in [-0.39, 0.29) is 24.1 Å². The molecule has 6 nitrogen and oxygen atoms in total. The largest absolute Gasteiger partial charge is 0.354 e. The molecule has 1 aliphatic rings. The minimum Gasteiger partial charge on any atom is -0.354 e. The van der Waals surface area contributed by atoms with Crippen LogP contribution in [0.2, 0.25) is 10.2 Å². The van der Waals surface area contributed by atoms with Crippen LogP contribution in [0.4, 0.5) is 8.78 Å². The Labute approximate surface area is 173 Å². The summed E-state index contributed by atoms with van der Waals surface area (Å²) in [6, 6.07) is 0. The third kappa shape index (κ3) is 4.63. The maximum atomic E-state index is 13.1. The molecule has 0 saturated heterocycles. The lowest BCUT2D eigenvalue weighted by Crippen LogP contribution is -2.30. The molecule has 1 N–H and O–H groups in total. The second kappa shape index (κ2) is 8.45. The van der Waals surface area contributed by atoms with Gasteiger partial charge < -0.3 is 5.32 Å². The van der Waals surface area contributed by atoms with Crippen molar-refractivity contribution >= 4 is 45.0 Å².